The first kappa shape index (κ1) is 28.7. The molecule has 5 N–H and O–H groups in total. The van der Waals surface area contributed by atoms with E-state index in [0.29, 0.717) is 11.3 Å². The van der Waals surface area contributed by atoms with Gasteiger partial charge in [-0.2, -0.15) is 8.42 Å². The van der Waals surface area contributed by atoms with Gasteiger partial charge in [0.2, 0.25) is 0 Å². The van der Waals surface area contributed by atoms with Crippen molar-refractivity contribution in [3.05, 3.63) is 71.8 Å². The van der Waals surface area contributed by atoms with Gasteiger partial charge in [-0.1, -0.05) is 24.3 Å². The van der Waals surface area contributed by atoms with Crippen LogP contribution in [0.4, 0.5) is 5.69 Å². The molecule has 1 saturated heterocycles. The van der Waals surface area contributed by atoms with Crippen LogP contribution in [0.25, 0.3) is 10.8 Å². The van der Waals surface area contributed by atoms with Crippen LogP contribution >= 0.6 is 24.8 Å². The van der Waals surface area contributed by atoms with E-state index in [2.05, 4.69) is 10.0 Å². The molecule has 0 aromatic heterocycles. The molecule has 8 nitrogen and oxygen atoms in total. The Kier molecular flexibility index (Phi) is 10.2. The molecular formula is C24H31Cl2N5O3S. The number of anilines is 1. The first-order chi connectivity index (χ1) is 15.9. The van der Waals surface area contributed by atoms with Crippen molar-refractivity contribution in [1.29, 1.82) is 5.41 Å². The Labute approximate surface area is 218 Å². The number of fused-ring (bicyclic) bond motifs is 1. The third-order valence-corrected chi connectivity index (χ3v) is 7.24. The van der Waals surface area contributed by atoms with Crippen LogP contribution < -0.4 is 24.8 Å². The highest BCUT2D eigenvalue weighted by Gasteiger charge is 2.22. The van der Waals surface area contributed by atoms with Crippen LogP contribution in [0.5, 0.6) is 5.75 Å². The number of benzene rings is 3. The first-order valence-electron chi connectivity index (χ1n) is 10.9. The minimum atomic E-state index is -3.75. The molecule has 1 heterocycles. The van der Waals surface area contributed by atoms with E-state index >= 15 is 0 Å². The zero-order chi connectivity index (χ0) is 23.4. The summed E-state index contributed by atoms with van der Waals surface area (Å²) >= 11 is 0. The second-order valence-corrected chi connectivity index (χ2v) is 9.89. The predicted octanol–water partition coefficient (Wildman–Crippen LogP) is 3.57. The number of piperidine rings is 1. The smallest absolute Gasteiger partial charge is 0.301 e. The van der Waals surface area contributed by atoms with Gasteiger partial charge in [0.05, 0.1) is 12.2 Å². The van der Waals surface area contributed by atoms with E-state index in [-0.39, 0.29) is 43.3 Å². The van der Waals surface area contributed by atoms with Gasteiger partial charge in [-0.25, -0.2) is 4.72 Å². The van der Waals surface area contributed by atoms with Gasteiger partial charge in [0.25, 0.3) is 0 Å². The summed E-state index contributed by atoms with van der Waals surface area (Å²) in [4.78, 5) is 0. The number of nitrogens with one attached hydrogen (secondary N) is 3. The van der Waals surface area contributed by atoms with Gasteiger partial charge in [0.1, 0.15) is 17.7 Å². The zero-order valence-corrected chi connectivity index (χ0v) is 21.8. The summed E-state index contributed by atoms with van der Waals surface area (Å²) in [5.74, 6) is 0.725. The molecule has 3 aromatic rings. The number of hydrogen-bond acceptors (Lipinski definition) is 5. The average Bonchev–Trinajstić information content (AvgIpc) is 2.83. The van der Waals surface area contributed by atoms with Gasteiger partial charge in [-0.05, 0) is 78.7 Å². The molecule has 0 bridgehead atoms. The number of halogens is 2. The standard InChI is InChI=1S/C24H29N5O3S.2ClH/c1-27-33(30,31)29(21-6-8-22(9-7-21)32-23-10-12-28-13-11-23)16-17-2-3-18-4-5-19(24(25)26)15-20(18)14-17;;/h2-9,14-15,23,27-28H,10-13,16H2,1H3,(H3,25,26);2*1H. The number of rotatable bonds is 8. The van der Waals surface area contributed by atoms with Crippen LogP contribution in [0.15, 0.2) is 60.7 Å². The largest absolute Gasteiger partial charge is 0.490 e. The van der Waals surface area contributed by atoms with Crippen molar-refractivity contribution in [2.45, 2.75) is 25.5 Å². The molecule has 0 atom stereocenters. The van der Waals surface area contributed by atoms with Gasteiger partial charge in [0, 0.05) is 12.6 Å². The number of hydrogen-bond donors (Lipinski definition) is 4. The van der Waals surface area contributed by atoms with E-state index < -0.39 is 10.2 Å². The summed E-state index contributed by atoms with van der Waals surface area (Å²) < 4.78 is 35.5. The minimum absolute atomic E-state index is 0. The van der Waals surface area contributed by atoms with Gasteiger partial charge >= 0.3 is 10.2 Å². The van der Waals surface area contributed by atoms with E-state index in [1.807, 2.05) is 42.5 Å². The number of amidine groups is 1. The van der Waals surface area contributed by atoms with Crippen molar-refractivity contribution in [2.24, 2.45) is 5.73 Å². The maximum atomic E-state index is 12.8. The van der Waals surface area contributed by atoms with Crippen LogP contribution in [-0.4, -0.2) is 40.5 Å². The Balaban J connectivity index is 0.00000216. The Morgan fingerprint density at radius 2 is 1.71 bits per heavy atom. The van der Waals surface area contributed by atoms with Gasteiger partial charge in [-0.3, -0.25) is 9.71 Å². The molecule has 190 valence electrons. The zero-order valence-electron chi connectivity index (χ0n) is 19.4. The highest BCUT2D eigenvalue weighted by Crippen LogP contribution is 2.26. The van der Waals surface area contributed by atoms with Gasteiger partial charge < -0.3 is 15.8 Å². The SMILES string of the molecule is CNS(=O)(=O)N(Cc1ccc2ccc(C(=N)N)cc2c1)c1ccc(OC2CCNCC2)cc1.Cl.Cl. The first-order valence-corrected chi connectivity index (χ1v) is 12.4. The fourth-order valence-electron chi connectivity index (χ4n) is 3.95. The lowest BCUT2D eigenvalue weighted by atomic mass is 10.0. The van der Waals surface area contributed by atoms with E-state index in [1.165, 1.54) is 11.4 Å². The molecule has 0 unspecified atom stereocenters. The van der Waals surface area contributed by atoms with E-state index in [1.54, 1.807) is 18.2 Å². The Morgan fingerprint density at radius 3 is 2.34 bits per heavy atom. The maximum Gasteiger partial charge on any atom is 0.301 e. The van der Waals surface area contributed by atoms with E-state index in [0.717, 1.165) is 48.0 Å². The van der Waals surface area contributed by atoms with Crippen molar-refractivity contribution >= 4 is 57.3 Å². The summed E-state index contributed by atoms with van der Waals surface area (Å²) in [5, 5.41) is 12.9. The summed E-state index contributed by atoms with van der Waals surface area (Å²) in [6, 6.07) is 18.5. The normalized spacial score (nSPS) is 14.0. The second-order valence-electron chi connectivity index (χ2n) is 8.09. The van der Waals surface area contributed by atoms with Gasteiger partial charge in [0.15, 0.2) is 0 Å². The molecule has 0 saturated carbocycles. The quantitative estimate of drug-likeness (QED) is 0.257. The highest BCUT2D eigenvalue weighted by molar-refractivity contribution is 7.90. The fraction of sp³-hybridized carbons (Fsp3) is 0.292. The Bertz CT molecular complexity index is 1250. The van der Waals surface area contributed by atoms with E-state index in [4.69, 9.17) is 15.9 Å². The summed E-state index contributed by atoms with van der Waals surface area (Å²) in [6.45, 7) is 2.03. The second kappa shape index (κ2) is 12.4. The molecule has 1 fully saturated rings. The lowest BCUT2D eigenvalue weighted by Gasteiger charge is -2.26. The van der Waals surface area contributed by atoms with Crippen molar-refractivity contribution in [3.63, 3.8) is 0 Å². The molecule has 1 aliphatic rings. The molecular weight excluding hydrogens is 509 g/mol. The van der Waals surface area contributed by atoms with Crippen molar-refractivity contribution in [2.75, 3.05) is 24.4 Å². The van der Waals surface area contributed by atoms with Gasteiger partial charge in [-0.15, -0.1) is 24.8 Å². The van der Waals surface area contributed by atoms with Crippen LogP contribution in [0.2, 0.25) is 0 Å². The minimum Gasteiger partial charge on any atom is -0.490 e. The van der Waals surface area contributed by atoms with Crippen LogP contribution in [0.1, 0.15) is 24.0 Å². The fourth-order valence-corrected chi connectivity index (χ4v) is 4.89. The molecule has 35 heavy (non-hydrogen) atoms. The van der Waals surface area contributed by atoms with Crippen LogP contribution in [0, 0.1) is 5.41 Å². The number of ether oxygens (including phenoxy) is 1. The average molecular weight is 541 g/mol. The number of nitrogens with two attached hydrogens (primary N) is 1. The molecule has 0 radical (unpaired) electrons. The maximum absolute atomic E-state index is 12.8. The monoisotopic (exact) mass is 539 g/mol. The molecule has 1 aliphatic heterocycles. The third-order valence-electron chi connectivity index (χ3n) is 5.80. The highest BCUT2D eigenvalue weighted by atomic mass is 35.5. The Hall–Kier alpha value is -2.56. The summed E-state index contributed by atoms with van der Waals surface area (Å²) in [5.41, 5.74) is 7.61. The number of nitrogen functional groups attached to an aromatic ring is 1. The molecule has 0 spiro atoms. The summed E-state index contributed by atoms with van der Waals surface area (Å²) in [7, 11) is -2.35. The lowest BCUT2D eigenvalue weighted by molar-refractivity contribution is 0.162. The van der Waals surface area contributed by atoms with Crippen molar-refractivity contribution < 1.29 is 13.2 Å². The molecule has 0 aliphatic carbocycles. The van der Waals surface area contributed by atoms with Crippen LogP contribution in [-0.2, 0) is 16.8 Å². The third kappa shape index (κ3) is 6.99. The van der Waals surface area contributed by atoms with Crippen molar-refractivity contribution in [1.82, 2.24) is 10.0 Å². The molecule has 3 aromatic carbocycles. The summed E-state index contributed by atoms with van der Waals surface area (Å²) in [6.07, 6.45) is 2.08. The molecule has 0 amide bonds. The Morgan fingerprint density at radius 1 is 1.06 bits per heavy atom. The van der Waals surface area contributed by atoms with Crippen molar-refractivity contribution in [3.8, 4) is 5.75 Å². The lowest BCUT2D eigenvalue weighted by Crippen LogP contribution is -2.38. The van der Waals surface area contributed by atoms with E-state index in [9.17, 15) is 8.42 Å². The number of nitrogens with zero attached hydrogens (tertiary/aromatic N) is 1. The predicted molar refractivity (Wildman–Crippen MR) is 147 cm³/mol. The van der Waals surface area contributed by atoms with Crippen LogP contribution in [0.3, 0.4) is 0 Å². The topological polar surface area (TPSA) is 121 Å². The molecule has 11 heteroatoms. The molecule has 4 rings (SSSR count).